The molecule has 0 radical (unpaired) electrons. The van der Waals surface area contributed by atoms with Gasteiger partial charge in [0.1, 0.15) is 11.4 Å². The van der Waals surface area contributed by atoms with E-state index in [0.29, 0.717) is 0 Å². The number of hydrogen-bond acceptors (Lipinski definition) is 3. The van der Waals surface area contributed by atoms with Crippen molar-refractivity contribution in [3.8, 4) is 5.75 Å². The van der Waals surface area contributed by atoms with E-state index in [1.807, 2.05) is 0 Å². The third kappa shape index (κ3) is 1.87. The zero-order valence-electron chi connectivity index (χ0n) is 11.3. The minimum atomic E-state index is -0.000718. The number of fused-ring (bicyclic) bond motifs is 2. The van der Waals surface area contributed by atoms with Gasteiger partial charge in [0.25, 0.3) is 0 Å². The van der Waals surface area contributed by atoms with Crippen molar-refractivity contribution in [2.75, 3.05) is 13.1 Å². The molecule has 0 bridgehead atoms. The Bertz CT molecular complexity index is 489. The topological polar surface area (TPSA) is 38.5 Å². The number of rotatable bonds is 0. The van der Waals surface area contributed by atoms with E-state index in [4.69, 9.17) is 10.5 Å². The molecule has 19 heavy (non-hydrogen) atoms. The van der Waals surface area contributed by atoms with Gasteiger partial charge in [-0.15, -0.1) is 0 Å². The molecule has 2 unspecified atom stereocenters. The highest BCUT2D eigenvalue weighted by atomic mass is 16.5. The van der Waals surface area contributed by atoms with Gasteiger partial charge in [-0.25, -0.2) is 0 Å². The molecule has 2 fully saturated rings. The Kier molecular flexibility index (Phi) is 2.61. The van der Waals surface area contributed by atoms with Gasteiger partial charge in [0.15, 0.2) is 0 Å². The van der Waals surface area contributed by atoms with Crippen LogP contribution in [0.25, 0.3) is 0 Å². The molecule has 2 saturated heterocycles. The summed E-state index contributed by atoms with van der Waals surface area (Å²) in [7, 11) is 0. The summed E-state index contributed by atoms with van der Waals surface area (Å²) in [6.45, 7) is 2.46. The minimum Gasteiger partial charge on any atom is -0.487 e. The van der Waals surface area contributed by atoms with Crippen molar-refractivity contribution in [3.63, 3.8) is 0 Å². The fourth-order valence-corrected chi connectivity index (χ4v) is 4.24. The van der Waals surface area contributed by atoms with Gasteiger partial charge in [0.05, 0.1) is 0 Å². The van der Waals surface area contributed by atoms with Crippen LogP contribution in [0.5, 0.6) is 5.75 Å². The van der Waals surface area contributed by atoms with Crippen LogP contribution >= 0.6 is 0 Å². The molecular weight excluding hydrogens is 236 g/mol. The third-order valence-corrected chi connectivity index (χ3v) is 5.20. The van der Waals surface area contributed by atoms with E-state index in [-0.39, 0.29) is 11.6 Å². The average molecular weight is 258 g/mol. The van der Waals surface area contributed by atoms with Gasteiger partial charge in [-0.1, -0.05) is 18.2 Å². The van der Waals surface area contributed by atoms with E-state index in [0.717, 1.165) is 31.1 Å². The summed E-state index contributed by atoms with van der Waals surface area (Å²) in [4.78, 5) is 2.64. The van der Waals surface area contributed by atoms with Crippen LogP contribution in [0.4, 0.5) is 0 Å². The zero-order valence-corrected chi connectivity index (χ0v) is 11.3. The fourth-order valence-electron chi connectivity index (χ4n) is 4.24. The Morgan fingerprint density at radius 3 is 3.05 bits per heavy atom. The summed E-state index contributed by atoms with van der Waals surface area (Å²) in [5.41, 5.74) is 7.58. The predicted octanol–water partition coefficient (Wildman–Crippen LogP) is 2.47. The predicted molar refractivity (Wildman–Crippen MR) is 75.2 cm³/mol. The second-order valence-electron chi connectivity index (χ2n) is 6.42. The molecule has 3 atom stereocenters. The quantitative estimate of drug-likeness (QED) is 0.777. The Morgan fingerprint density at radius 2 is 2.11 bits per heavy atom. The van der Waals surface area contributed by atoms with E-state index < -0.39 is 0 Å². The van der Waals surface area contributed by atoms with Crippen molar-refractivity contribution < 1.29 is 4.74 Å². The van der Waals surface area contributed by atoms with Crippen LogP contribution in [-0.4, -0.2) is 29.6 Å². The highest BCUT2D eigenvalue weighted by Crippen LogP contribution is 2.45. The molecule has 3 aliphatic heterocycles. The van der Waals surface area contributed by atoms with Crippen molar-refractivity contribution in [1.82, 2.24) is 4.90 Å². The SMILES string of the molecule is N[C@H]1CC2(CCN3CCCC3C2)Oc2ccccc21. The summed E-state index contributed by atoms with van der Waals surface area (Å²) in [5, 5.41) is 0. The van der Waals surface area contributed by atoms with E-state index in [2.05, 4.69) is 29.2 Å². The van der Waals surface area contributed by atoms with Gasteiger partial charge in [0, 0.05) is 37.0 Å². The van der Waals surface area contributed by atoms with Crippen molar-refractivity contribution in [2.24, 2.45) is 5.73 Å². The lowest BCUT2D eigenvalue weighted by Crippen LogP contribution is -2.53. The van der Waals surface area contributed by atoms with E-state index in [9.17, 15) is 0 Å². The van der Waals surface area contributed by atoms with Gasteiger partial charge < -0.3 is 15.4 Å². The van der Waals surface area contributed by atoms with Gasteiger partial charge in [-0.05, 0) is 31.9 Å². The van der Waals surface area contributed by atoms with Gasteiger partial charge >= 0.3 is 0 Å². The molecule has 3 nitrogen and oxygen atoms in total. The summed E-state index contributed by atoms with van der Waals surface area (Å²) in [6.07, 6.45) is 5.96. The molecule has 102 valence electrons. The first-order chi connectivity index (χ1) is 9.26. The maximum Gasteiger partial charge on any atom is 0.124 e. The zero-order chi connectivity index (χ0) is 12.9. The molecular formula is C16H22N2O. The summed E-state index contributed by atoms with van der Waals surface area (Å²) in [5.74, 6) is 1.02. The fraction of sp³-hybridized carbons (Fsp3) is 0.625. The molecule has 0 amide bonds. The van der Waals surface area contributed by atoms with Gasteiger partial charge in [-0.3, -0.25) is 0 Å². The van der Waals surface area contributed by atoms with Crippen LogP contribution in [0.15, 0.2) is 24.3 Å². The Morgan fingerprint density at radius 1 is 1.21 bits per heavy atom. The van der Waals surface area contributed by atoms with Crippen LogP contribution in [0, 0.1) is 0 Å². The molecule has 0 aliphatic carbocycles. The number of hydrogen-bond donors (Lipinski definition) is 1. The maximum atomic E-state index is 6.43. The highest BCUT2D eigenvalue weighted by molar-refractivity contribution is 5.38. The lowest BCUT2D eigenvalue weighted by Gasteiger charge is -2.48. The monoisotopic (exact) mass is 258 g/mol. The normalized spacial score (nSPS) is 37.7. The number of para-hydroxylation sites is 1. The molecule has 4 rings (SSSR count). The molecule has 3 heterocycles. The van der Waals surface area contributed by atoms with E-state index >= 15 is 0 Å². The minimum absolute atomic E-state index is 0.000718. The van der Waals surface area contributed by atoms with E-state index in [1.54, 1.807) is 0 Å². The third-order valence-electron chi connectivity index (χ3n) is 5.20. The molecule has 1 aromatic carbocycles. The number of piperidine rings is 1. The molecule has 1 aromatic rings. The lowest BCUT2D eigenvalue weighted by molar-refractivity contribution is -0.0358. The van der Waals surface area contributed by atoms with Crippen LogP contribution in [0.3, 0.4) is 0 Å². The van der Waals surface area contributed by atoms with Crippen LogP contribution in [0.1, 0.15) is 43.7 Å². The average Bonchev–Trinajstić information content (AvgIpc) is 2.85. The Hall–Kier alpha value is -1.06. The smallest absolute Gasteiger partial charge is 0.124 e. The van der Waals surface area contributed by atoms with Crippen LogP contribution in [-0.2, 0) is 0 Å². The van der Waals surface area contributed by atoms with Crippen LogP contribution < -0.4 is 10.5 Å². The van der Waals surface area contributed by atoms with Crippen molar-refractivity contribution in [3.05, 3.63) is 29.8 Å². The molecule has 3 aliphatic rings. The van der Waals surface area contributed by atoms with Crippen molar-refractivity contribution in [2.45, 2.75) is 49.8 Å². The van der Waals surface area contributed by atoms with Crippen LogP contribution in [0.2, 0.25) is 0 Å². The summed E-state index contributed by atoms with van der Waals surface area (Å²) in [6, 6.07) is 9.16. The maximum absolute atomic E-state index is 6.43. The number of benzene rings is 1. The Balaban J connectivity index is 1.63. The first kappa shape index (κ1) is 11.7. The second-order valence-corrected chi connectivity index (χ2v) is 6.42. The molecule has 1 spiro atoms. The second kappa shape index (κ2) is 4.22. The summed E-state index contributed by atoms with van der Waals surface area (Å²) < 4.78 is 6.43. The summed E-state index contributed by atoms with van der Waals surface area (Å²) >= 11 is 0. The molecule has 2 N–H and O–H groups in total. The van der Waals surface area contributed by atoms with Crippen molar-refractivity contribution in [1.29, 1.82) is 0 Å². The number of nitrogens with two attached hydrogens (primary N) is 1. The first-order valence-electron chi connectivity index (χ1n) is 7.53. The van der Waals surface area contributed by atoms with E-state index in [1.165, 1.54) is 31.5 Å². The number of nitrogens with zero attached hydrogens (tertiary/aromatic N) is 1. The lowest BCUT2D eigenvalue weighted by atomic mass is 9.78. The van der Waals surface area contributed by atoms with Crippen molar-refractivity contribution >= 4 is 0 Å². The standard InChI is InChI=1S/C16H22N2O/c17-14-11-16(19-15-6-2-1-5-13(14)15)7-9-18-8-3-4-12(18)10-16/h1-2,5-6,12,14H,3-4,7-11,17H2/t12?,14-,16?/m0/s1. The van der Waals surface area contributed by atoms with Gasteiger partial charge in [-0.2, -0.15) is 0 Å². The van der Waals surface area contributed by atoms with Gasteiger partial charge in [0.2, 0.25) is 0 Å². The first-order valence-corrected chi connectivity index (χ1v) is 7.53. The molecule has 0 saturated carbocycles. The highest BCUT2D eigenvalue weighted by Gasteiger charge is 2.46. The molecule has 3 heteroatoms. The largest absolute Gasteiger partial charge is 0.487 e. The molecule has 0 aromatic heterocycles. The number of ether oxygens (including phenoxy) is 1. The Labute approximate surface area is 114 Å².